The Hall–Kier alpha value is -7.03. The molecular formula is C64H50B2N2. The summed E-state index contributed by atoms with van der Waals surface area (Å²) in [4.78, 5) is 10.5. The lowest BCUT2D eigenvalue weighted by molar-refractivity contribution is 0.0431. The zero-order valence-electron chi connectivity index (χ0n) is 38.7. The van der Waals surface area contributed by atoms with Crippen LogP contribution in [0.3, 0.4) is 0 Å². The normalized spacial score (nSPS) is 21.4. The SMILES string of the molecule is [B]c1cc(-c2ccc3c(c2)C(c2ccccc2)(c2ccccc2)c2ccccc2-3)c([B])c2c1C1(c3cc(-c4cc(-c5ccccc5)nc(-c5ccccc5)n4)ccc3-2)C(C)CC2CC(C)CC1C2. The van der Waals surface area contributed by atoms with Crippen molar-refractivity contribution >= 4 is 26.6 Å². The second kappa shape index (κ2) is 15.8. The molecule has 1 spiro atoms. The van der Waals surface area contributed by atoms with Crippen molar-refractivity contribution in [1.82, 2.24) is 9.97 Å². The van der Waals surface area contributed by atoms with E-state index >= 15 is 0 Å². The summed E-state index contributed by atoms with van der Waals surface area (Å²) in [5.41, 5.74) is 20.3. The largest absolute Gasteiger partial charge is 0.228 e. The molecule has 68 heavy (non-hydrogen) atoms. The van der Waals surface area contributed by atoms with Gasteiger partial charge in [0.1, 0.15) is 15.7 Å². The van der Waals surface area contributed by atoms with Gasteiger partial charge in [0.2, 0.25) is 0 Å². The van der Waals surface area contributed by atoms with E-state index in [1.54, 1.807) is 0 Å². The lowest BCUT2D eigenvalue weighted by atomic mass is 9.48. The third kappa shape index (κ3) is 5.98. The highest BCUT2D eigenvalue weighted by Gasteiger charge is 2.57. The van der Waals surface area contributed by atoms with E-state index in [9.17, 15) is 0 Å². The number of hydrogen-bond donors (Lipinski definition) is 0. The summed E-state index contributed by atoms with van der Waals surface area (Å²) in [6.45, 7) is 4.96. The molecule has 8 aromatic carbocycles. The molecule has 322 valence electrons. The Morgan fingerprint density at radius 1 is 0.456 bits per heavy atom. The molecule has 0 aliphatic heterocycles. The number of rotatable bonds is 6. The van der Waals surface area contributed by atoms with Gasteiger partial charge in [0.25, 0.3) is 0 Å². The van der Waals surface area contributed by atoms with Crippen molar-refractivity contribution in [3.05, 3.63) is 228 Å². The molecule has 2 fully saturated rings. The van der Waals surface area contributed by atoms with Gasteiger partial charge in [-0.15, -0.1) is 0 Å². The maximum Gasteiger partial charge on any atom is 0.160 e. The molecule has 2 saturated carbocycles. The van der Waals surface area contributed by atoms with Crippen LogP contribution < -0.4 is 10.9 Å². The molecule has 5 atom stereocenters. The van der Waals surface area contributed by atoms with Gasteiger partial charge in [-0.1, -0.05) is 201 Å². The highest BCUT2D eigenvalue weighted by molar-refractivity contribution is 6.44. The predicted octanol–water partition coefficient (Wildman–Crippen LogP) is 13.5. The Balaban J connectivity index is 1.03. The van der Waals surface area contributed by atoms with Gasteiger partial charge in [-0.25, -0.2) is 9.97 Å². The van der Waals surface area contributed by atoms with Gasteiger partial charge in [-0.3, -0.25) is 0 Å². The first kappa shape index (κ1) is 41.2. The molecule has 0 saturated heterocycles. The van der Waals surface area contributed by atoms with Gasteiger partial charge < -0.3 is 0 Å². The first-order valence-electron chi connectivity index (χ1n) is 24.6. The summed E-state index contributed by atoms with van der Waals surface area (Å²) < 4.78 is 0. The molecule has 4 aliphatic carbocycles. The molecule has 4 radical (unpaired) electrons. The van der Waals surface area contributed by atoms with Gasteiger partial charge in [-0.2, -0.15) is 0 Å². The van der Waals surface area contributed by atoms with Crippen LogP contribution in [0.25, 0.3) is 67.3 Å². The topological polar surface area (TPSA) is 25.8 Å². The summed E-state index contributed by atoms with van der Waals surface area (Å²) in [7, 11) is 15.5. The number of nitrogens with zero attached hydrogens (tertiary/aromatic N) is 2. The first-order valence-corrected chi connectivity index (χ1v) is 24.6. The van der Waals surface area contributed by atoms with E-state index < -0.39 is 5.41 Å². The van der Waals surface area contributed by atoms with Gasteiger partial charge in [0.05, 0.1) is 16.8 Å². The molecule has 0 N–H and O–H groups in total. The molecule has 9 aromatic rings. The van der Waals surface area contributed by atoms with Crippen LogP contribution in [0, 0.1) is 23.7 Å². The lowest BCUT2D eigenvalue weighted by Crippen LogP contribution is -2.51. The van der Waals surface area contributed by atoms with E-state index in [0.29, 0.717) is 23.7 Å². The minimum atomic E-state index is -0.526. The number of aromatic nitrogens is 2. The minimum absolute atomic E-state index is 0.296. The third-order valence-corrected chi connectivity index (χ3v) is 16.6. The molecule has 5 unspecified atom stereocenters. The summed E-state index contributed by atoms with van der Waals surface area (Å²) in [5.74, 6) is 2.87. The van der Waals surface area contributed by atoms with Crippen molar-refractivity contribution in [2.75, 3.05) is 0 Å². The van der Waals surface area contributed by atoms with Crippen LogP contribution in [0.4, 0.5) is 0 Å². The average molecular weight is 869 g/mol. The van der Waals surface area contributed by atoms with E-state index in [1.807, 2.05) is 6.07 Å². The van der Waals surface area contributed by atoms with Crippen LogP contribution >= 0.6 is 0 Å². The van der Waals surface area contributed by atoms with Crippen LogP contribution in [-0.4, -0.2) is 25.7 Å². The van der Waals surface area contributed by atoms with Gasteiger partial charge >= 0.3 is 0 Å². The predicted molar refractivity (Wildman–Crippen MR) is 282 cm³/mol. The van der Waals surface area contributed by atoms with E-state index in [2.05, 4.69) is 202 Å². The Kier molecular flexibility index (Phi) is 9.55. The molecule has 13 rings (SSSR count). The van der Waals surface area contributed by atoms with Crippen LogP contribution in [0.15, 0.2) is 194 Å². The standard InChI is InChI=1S/C64H50B2N2/c1-39-31-41-33-40(2)63(48(32-39)34-41)55-36-45(58-38-57(42-17-7-3-8-18-42)67-62(68-58)43-19-9-4-10-20-43)28-30-51(55)59-60(63)56(65)37-52(61(59)66)44-27-29-50-49-25-15-16-26-53(49)64(54(50)35-44,46-21-11-5-12-22-46)47-23-13-6-14-24-47/h3-30,35-41,48H,31-34H2,1-2H3. The first-order chi connectivity index (χ1) is 33.3. The fourth-order valence-electron chi connectivity index (χ4n) is 14.1. The van der Waals surface area contributed by atoms with Crippen molar-refractivity contribution in [1.29, 1.82) is 0 Å². The highest BCUT2D eigenvalue weighted by Crippen LogP contribution is 2.65. The Morgan fingerprint density at radius 2 is 1.03 bits per heavy atom. The van der Waals surface area contributed by atoms with Crippen molar-refractivity contribution in [3.8, 4) is 67.3 Å². The zero-order valence-corrected chi connectivity index (χ0v) is 38.7. The van der Waals surface area contributed by atoms with Crippen LogP contribution in [0.1, 0.15) is 72.9 Å². The van der Waals surface area contributed by atoms with E-state index in [4.69, 9.17) is 25.7 Å². The quantitative estimate of drug-likeness (QED) is 0.156. The molecule has 0 amide bonds. The smallest absolute Gasteiger partial charge is 0.160 e. The van der Waals surface area contributed by atoms with Crippen molar-refractivity contribution in [2.24, 2.45) is 23.7 Å². The molecule has 2 nitrogen and oxygen atoms in total. The van der Waals surface area contributed by atoms with Crippen molar-refractivity contribution < 1.29 is 0 Å². The van der Waals surface area contributed by atoms with Gasteiger partial charge in [-0.05, 0) is 134 Å². The van der Waals surface area contributed by atoms with Crippen LogP contribution in [0.2, 0.25) is 0 Å². The lowest BCUT2D eigenvalue weighted by Gasteiger charge is -2.55. The maximum atomic E-state index is 7.80. The molecule has 1 aromatic heterocycles. The van der Waals surface area contributed by atoms with E-state index in [0.717, 1.165) is 61.5 Å². The number of hydrogen-bond acceptors (Lipinski definition) is 2. The fourth-order valence-corrected chi connectivity index (χ4v) is 14.1. The summed E-state index contributed by atoms with van der Waals surface area (Å²) in [5, 5.41) is 0. The Labute approximate surface area is 403 Å². The Bertz CT molecular complexity index is 3320. The van der Waals surface area contributed by atoms with Crippen molar-refractivity contribution in [3.63, 3.8) is 0 Å². The zero-order chi connectivity index (χ0) is 45.7. The third-order valence-electron chi connectivity index (χ3n) is 16.6. The summed E-state index contributed by atoms with van der Waals surface area (Å²) >= 11 is 0. The van der Waals surface area contributed by atoms with Crippen LogP contribution in [0.5, 0.6) is 0 Å². The second-order valence-electron chi connectivity index (χ2n) is 20.3. The fraction of sp³-hybridized carbons (Fsp3) is 0.188. The molecular weight excluding hydrogens is 818 g/mol. The number of fused-ring (bicyclic) bond motifs is 11. The van der Waals surface area contributed by atoms with Gasteiger partial charge in [0.15, 0.2) is 5.82 Å². The van der Waals surface area contributed by atoms with Crippen molar-refractivity contribution in [2.45, 2.75) is 50.4 Å². The van der Waals surface area contributed by atoms with Gasteiger partial charge in [0, 0.05) is 22.1 Å². The monoisotopic (exact) mass is 868 g/mol. The molecule has 4 heteroatoms. The summed E-state index contributed by atoms with van der Waals surface area (Å²) in [6, 6.07) is 70.3. The molecule has 1 heterocycles. The second-order valence-corrected chi connectivity index (χ2v) is 20.3. The summed E-state index contributed by atoms with van der Waals surface area (Å²) in [6.07, 6.45) is 4.84. The Morgan fingerprint density at radius 3 is 1.74 bits per heavy atom. The van der Waals surface area contributed by atoms with Crippen LogP contribution in [-0.2, 0) is 10.8 Å². The average Bonchev–Trinajstić information content (AvgIpc) is 3.87. The number of benzene rings is 8. The van der Waals surface area contributed by atoms with E-state index in [-0.39, 0.29) is 5.41 Å². The minimum Gasteiger partial charge on any atom is -0.228 e. The molecule has 2 bridgehead atoms. The molecule has 4 aliphatic rings. The van der Waals surface area contributed by atoms with E-state index in [1.165, 1.54) is 75.8 Å². The maximum absolute atomic E-state index is 7.80. The highest BCUT2D eigenvalue weighted by atomic mass is 14.9.